The largest absolute Gasteiger partial charge is 0.466 e. The molecule has 0 aromatic heterocycles. The van der Waals surface area contributed by atoms with E-state index in [2.05, 4.69) is 55.6 Å². The molecular weight excluding hydrogens is 923 g/mol. The minimum Gasteiger partial charge on any atom is -0.466 e. The third kappa shape index (κ3) is 60.9. The van der Waals surface area contributed by atoms with Crippen LogP contribution in [0.1, 0.15) is 354 Å². The topological polar surface area (TPSA) is 95.9 Å². The maximum absolute atomic E-state index is 12.5. The Labute approximate surface area is 467 Å². The summed E-state index contributed by atoms with van der Waals surface area (Å²) in [7, 11) is 0. The average Bonchev–Trinajstić information content (AvgIpc) is 3.41. The SMILES string of the molecule is CCCCC/C=C\C/C=C\CCCCCCCC(=O)OCCCCCCCCCCCCCC/C=C\CCCCCCCCCCCCCCCCC(=O)NC(CO)C(O)/C=C/CCCCCCCCCCCCC. The lowest BCUT2D eigenvalue weighted by molar-refractivity contribution is -0.143. The summed E-state index contributed by atoms with van der Waals surface area (Å²) >= 11 is 0. The molecule has 0 spiro atoms. The number of hydrogen-bond acceptors (Lipinski definition) is 5. The van der Waals surface area contributed by atoms with Crippen molar-refractivity contribution in [3.63, 3.8) is 0 Å². The number of allylic oxidation sites excluding steroid dienone is 7. The summed E-state index contributed by atoms with van der Waals surface area (Å²) in [6.07, 6.45) is 83.2. The van der Waals surface area contributed by atoms with Crippen molar-refractivity contribution < 1.29 is 24.5 Å². The Morgan fingerprint density at radius 3 is 1.05 bits per heavy atom. The zero-order chi connectivity index (χ0) is 54.3. The van der Waals surface area contributed by atoms with E-state index < -0.39 is 12.1 Å². The van der Waals surface area contributed by atoms with Crippen molar-refractivity contribution in [1.82, 2.24) is 5.32 Å². The van der Waals surface area contributed by atoms with E-state index in [1.807, 2.05) is 6.08 Å². The Bertz CT molecular complexity index is 1260. The highest BCUT2D eigenvalue weighted by Crippen LogP contribution is 2.17. The van der Waals surface area contributed by atoms with Crippen LogP contribution < -0.4 is 5.32 Å². The number of aliphatic hydroxyl groups excluding tert-OH is 2. The lowest BCUT2D eigenvalue weighted by atomic mass is 10.0. The average molecular weight is 1050 g/mol. The summed E-state index contributed by atoms with van der Waals surface area (Å²) in [5, 5.41) is 23.1. The lowest BCUT2D eigenvalue weighted by Gasteiger charge is -2.20. The van der Waals surface area contributed by atoms with Crippen LogP contribution in [0.4, 0.5) is 0 Å². The second-order valence-corrected chi connectivity index (χ2v) is 22.8. The van der Waals surface area contributed by atoms with Crippen LogP contribution in [-0.4, -0.2) is 47.4 Å². The maximum atomic E-state index is 12.5. The molecule has 2 unspecified atom stereocenters. The summed E-state index contributed by atoms with van der Waals surface area (Å²) in [5.74, 6) is -0.0635. The molecule has 0 aliphatic rings. The van der Waals surface area contributed by atoms with E-state index in [1.165, 1.54) is 276 Å². The molecule has 75 heavy (non-hydrogen) atoms. The molecule has 2 atom stereocenters. The summed E-state index contributed by atoms with van der Waals surface area (Å²) in [6, 6.07) is -0.626. The van der Waals surface area contributed by atoms with E-state index in [4.69, 9.17) is 4.74 Å². The number of carbonyl (C=O) groups excluding carboxylic acids is 2. The van der Waals surface area contributed by atoms with E-state index in [9.17, 15) is 19.8 Å². The molecule has 0 heterocycles. The number of esters is 1. The van der Waals surface area contributed by atoms with Gasteiger partial charge in [0.25, 0.3) is 0 Å². The van der Waals surface area contributed by atoms with Gasteiger partial charge >= 0.3 is 5.97 Å². The standard InChI is InChI=1S/C69H129NO5/c1-3-5-7-9-11-13-15-17-34-39-43-47-51-55-59-63-69(74)75-64-60-56-52-48-44-40-36-33-31-29-27-25-23-21-19-18-20-22-24-26-28-30-32-35-38-42-46-50-54-58-62-68(73)70-66(65-71)67(72)61-57-53-49-45-41-37-16-14-12-10-8-6-4-2/h11,13,17,19,21,34,57,61,66-67,71-72H,3-10,12,14-16,18,20,22-33,35-56,58-60,62-65H2,1-2H3,(H,70,73)/b13-11-,21-19-,34-17-,61-57+. The van der Waals surface area contributed by atoms with Crippen LogP contribution in [0, 0.1) is 0 Å². The number of nitrogens with one attached hydrogen (secondary N) is 1. The monoisotopic (exact) mass is 1050 g/mol. The highest BCUT2D eigenvalue weighted by molar-refractivity contribution is 5.76. The van der Waals surface area contributed by atoms with Crippen molar-refractivity contribution in [3.05, 3.63) is 48.6 Å². The zero-order valence-corrected chi connectivity index (χ0v) is 50.3. The molecule has 3 N–H and O–H groups in total. The van der Waals surface area contributed by atoms with Gasteiger partial charge in [-0.1, -0.05) is 300 Å². The smallest absolute Gasteiger partial charge is 0.305 e. The van der Waals surface area contributed by atoms with Crippen LogP contribution in [0.15, 0.2) is 48.6 Å². The number of carbonyl (C=O) groups is 2. The van der Waals surface area contributed by atoms with Crippen LogP contribution in [0.5, 0.6) is 0 Å². The molecule has 0 aliphatic heterocycles. The normalized spacial score (nSPS) is 12.9. The van der Waals surface area contributed by atoms with Gasteiger partial charge in [0.2, 0.25) is 5.91 Å². The lowest BCUT2D eigenvalue weighted by Crippen LogP contribution is -2.45. The molecule has 0 saturated carbocycles. The molecule has 0 radical (unpaired) electrons. The Morgan fingerprint density at radius 2 is 0.667 bits per heavy atom. The minimum atomic E-state index is -0.843. The minimum absolute atomic E-state index is 0.00258. The Balaban J connectivity index is 3.38. The third-order valence-corrected chi connectivity index (χ3v) is 15.3. The molecule has 0 bridgehead atoms. The molecule has 0 rings (SSSR count). The van der Waals surface area contributed by atoms with Gasteiger partial charge in [-0.05, 0) is 89.9 Å². The zero-order valence-electron chi connectivity index (χ0n) is 50.3. The molecule has 440 valence electrons. The van der Waals surface area contributed by atoms with E-state index in [-0.39, 0.29) is 18.5 Å². The van der Waals surface area contributed by atoms with Crippen LogP contribution in [-0.2, 0) is 14.3 Å². The predicted octanol–water partition coefficient (Wildman–Crippen LogP) is 21.3. The van der Waals surface area contributed by atoms with E-state index in [1.54, 1.807) is 6.08 Å². The fraction of sp³-hybridized carbons (Fsp3) is 0.855. The van der Waals surface area contributed by atoms with Crippen molar-refractivity contribution in [2.45, 2.75) is 366 Å². The molecule has 0 aliphatic carbocycles. The molecule has 6 heteroatoms. The van der Waals surface area contributed by atoms with Gasteiger partial charge < -0.3 is 20.3 Å². The van der Waals surface area contributed by atoms with Crippen LogP contribution in [0.2, 0.25) is 0 Å². The van der Waals surface area contributed by atoms with Gasteiger partial charge in [0.1, 0.15) is 0 Å². The highest BCUT2D eigenvalue weighted by atomic mass is 16.5. The third-order valence-electron chi connectivity index (χ3n) is 15.3. The van der Waals surface area contributed by atoms with Crippen LogP contribution in [0.3, 0.4) is 0 Å². The van der Waals surface area contributed by atoms with Crippen molar-refractivity contribution in [2.24, 2.45) is 0 Å². The fourth-order valence-corrected chi connectivity index (χ4v) is 10.2. The van der Waals surface area contributed by atoms with E-state index in [0.717, 1.165) is 51.4 Å². The second kappa shape index (κ2) is 64.3. The summed E-state index contributed by atoms with van der Waals surface area (Å²) in [4.78, 5) is 24.5. The summed E-state index contributed by atoms with van der Waals surface area (Å²) in [6.45, 7) is 4.88. The molecule has 0 fully saturated rings. The van der Waals surface area contributed by atoms with Gasteiger partial charge in [0, 0.05) is 12.8 Å². The first kappa shape index (κ1) is 72.8. The number of aliphatic hydroxyl groups is 2. The van der Waals surface area contributed by atoms with Crippen molar-refractivity contribution in [1.29, 1.82) is 0 Å². The number of rotatable bonds is 62. The van der Waals surface area contributed by atoms with Gasteiger partial charge in [-0.3, -0.25) is 9.59 Å². The van der Waals surface area contributed by atoms with Crippen molar-refractivity contribution in [3.8, 4) is 0 Å². The van der Waals surface area contributed by atoms with Gasteiger partial charge in [0.15, 0.2) is 0 Å². The molecule has 0 saturated heterocycles. The number of ether oxygens (including phenoxy) is 1. The van der Waals surface area contributed by atoms with Gasteiger partial charge in [-0.25, -0.2) is 0 Å². The Hall–Kier alpha value is -2.18. The van der Waals surface area contributed by atoms with E-state index >= 15 is 0 Å². The molecular formula is C69H129NO5. The van der Waals surface area contributed by atoms with Crippen LogP contribution >= 0.6 is 0 Å². The molecule has 0 aromatic rings. The van der Waals surface area contributed by atoms with Gasteiger partial charge in [-0.15, -0.1) is 0 Å². The Morgan fingerprint density at radius 1 is 0.373 bits per heavy atom. The van der Waals surface area contributed by atoms with E-state index in [0.29, 0.717) is 19.4 Å². The number of amides is 1. The first-order valence-electron chi connectivity index (χ1n) is 33.4. The first-order valence-corrected chi connectivity index (χ1v) is 33.4. The van der Waals surface area contributed by atoms with Crippen LogP contribution in [0.25, 0.3) is 0 Å². The number of unbranched alkanes of at least 4 members (excludes halogenated alkanes) is 45. The quantitative estimate of drug-likeness (QED) is 0.0320. The molecule has 0 aromatic carbocycles. The van der Waals surface area contributed by atoms with Crippen molar-refractivity contribution in [2.75, 3.05) is 13.2 Å². The van der Waals surface area contributed by atoms with Gasteiger partial charge in [-0.2, -0.15) is 0 Å². The predicted molar refractivity (Wildman–Crippen MR) is 329 cm³/mol. The van der Waals surface area contributed by atoms with Crippen molar-refractivity contribution >= 4 is 11.9 Å². The molecule has 1 amide bonds. The maximum Gasteiger partial charge on any atom is 0.305 e. The number of hydrogen-bond donors (Lipinski definition) is 3. The highest BCUT2D eigenvalue weighted by Gasteiger charge is 2.18. The summed E-state index contributed by atoms with van der Waals surface area (Å²) in [5.41, 5.74) is 0. The Kier molecular flexibility index (Phi) is 62.5. The molecule has 6 nitrogen and oxygen atoms in total. The summed E-state index contributed by atoms with van der Waals surface area (Å²) < 4.78 is 5.48. The second-order valence-electron chi connectivity index (χ2n) is 22.8. The first-order chi connectivity index (χ1) is 37.0. The fourth-order valence-electron chi connectivity index (χ4n) is 10.2. The van der Waals surface area contributed by atoms with Gasteiger partial charge in [0.05, 0.1) is 25.4 Å².